The minimum atomic E-state index is -0.374. The van der Waals surface area contributed by atoms with Gasteiger partial charge in [-0.1, -0.05) is 66.7 Å². The van der Waals surface area contributed by atoms with E-state index in [1.807, 2.05) is 55.7 Å². The van der Waals surface area contributed by atoms with E-state index >= 15 is 0 Å². The Kier molecular flexibility index (Phi) is 3.95. The number of aryl methyl sites for hydroxylation is 1. The van der Waals surface area contributed by atoms with Gasteiger partial charge < -0.3 is 4.57 Å². The molecule has 2 heterocycles. The Morgan fingerprint density at radius 3 is 1.79 bits per heavy atom. The number of hydrazine groups is 1. The van der Waals surface area contributed by atoms with E-state index in [-0.39, 0.29) is 35.5 Å². The maximum Gasteiger partial charge on any atom is 0.253 e. The fraction of sp³-hybridized carbons (Fsp3) is 0.172. The summed E-state index contributed by atoms with van der Waals surface area (Å²) in [6.45, 7) is 0. The van der Waals surface area contributed by atoms with E-state index in [0.717, 1.165) is 16.5 Å². The number of carbonyl (C=O) groups is 2. The van der Waals surface area contributed by atoms with Crippen molar-refractivity contribution >= 4 is 28.8 Å². The summed E-state index contributed by atoms with van der Waals surface area (Å²) in [5.41, 5.74) is 9.92. The molecule has 0 radical (unpaired) electrons. The second-order valence-electron chi connectivity index (χ2n) is 9.45. The third kappa shape index (κ3) is 2.44. The normalized spacial score (nSPS) is 24.6. The van der Waals surface area contributed by atoms with E-state index < -0.39 is 0 Å². The Balaban J connectivity index is 1.25. The van der Waals surface area contributed by atoms with Gasteiger partial charge in [0.25, 0.3) is 11.8 Å². The number of carbonyl (C=O) groups excluding carboxylic acids is 2. The first-order chi connectivity index (χ1) is 16.6. The van der Waals surface area contributed by atoms with Gasteiger partial charge in [-0.25, -0.2) is 0 Å². The Hall–Kier alpha value is -4.12. The Morgan fingerprint density at radius 1 is 0.735 bits per heavy atom. The summed E-state index contributed by atoms with van der Waals surface area (Å²) in [4.78, 5) is 27.2. The number of imide groups is 1. The number of nitrogens with one attached hydrogen (secondary N) is 1. The number of nitrogens with zero attached hydrogens (tertiary/aromatic N) is 2. The Bertz CT molecular complexity index is 1420. The summed E-state index contributed by atoms with van der Waals surface area (Å²) in [6.07, 6.45) is 5.67. The van der Waals surface area contributed by atoms with Crippen molar-refractivity contribution in [1.29, 1.82) is 0 Å². The van der Waals surface area contributed by atoms with E-state index in [1.54, 1.807) is 6.20 Å². The molecule has 2 bridgehead atoms. The lowest BCUT2D eigenvalue weighted by Crippen LogP contribution is -2.41. The van der Waals surface area contributed by atoms with Crippen LogP contribution in [0.1, 0.15) is 39.7 Å². The van der Waals surface area contributed by atoms with Crippen LogP contribution in [0.3, 0.4) is 0 Å². The summed E-state index contributed by atoms with van der Waals surface area (Å²) < 4.78 is 2.07. The second kappa shape index (κ2) is 6.94. The molecule has 1 fully saturated rings. The topological polar surface area (TPSA) is 54.3 Å². The molecular weight excluding hydrogens is 422 g/mol. The zero-order chi connectivity index (χ0) is 23.0. The molecule has 8 rings (SSSR count). The number of fused-ring (bicyclic) bond motifs is 1. The molecule has 34 heavy (non-hydrogen) atoms. The minimum Gasteiger partial charge on any atom is -0.350 e. The third-order valence-corrected chi connectivity index (χ3v) is 7.84. The number of hydrogen-bond donors (Lipinski definition) is 1. The molecule has 2 atom stereocenters. The highest BCUT2D eigenvalue weighted by molar-refractivity contribution is 6.07. The standard InChI is InChI=1S/C29H23N3O2/c1-31-16-17(18-8-6-7-13-23(18)31)14-15-30-32-28(33)26-24-19-9-2-3-10-20(19)25(27(26)29(32)34)22-12-5-4-11-21(22)24/h2-16,24-27,30H,1H3/b15-14+/t24?,25?,26-,27+. The molecule has 5 heteroatoms. The summed E-state index contributed by atoms with van der Waals surface area (Å²) >= 11 is 0. The van der Waals surface area contributed by atoms with E-state index in [0.29, 0.717) is 0 Å². The van der Waals surface area contributed by atoms with Gasteiger partial charge in [-0.05, 0) is 34.4 Å². The molecule has 0 saturated carbocycles. The maximum absolute atomic E-state index is 13.6. The number of benzene rings is 3. The predicted molar refractivity (Wildman–Crippen MR) is 130 cm³/mol. The zero-order valence-corrected chi connectivity index (χ0v) is 18.7. The highest BCUT2D eigenvalue weighted by Crippen LogP contribution is 2.60. The minimum absolute atomic E-state index is 0.0901. The average Bonchev–Trinajstić information content (AvgIpc) is 3.33. The van der Waals surface area contributed by atoms with Crippen LogP contribution in [-0.4, -0.2) is 21.4 Å². The fourth-order valence-electron chi connectivity index (χ4n) is 6.51. The van der Waals surface area contributed by atoms with E-state index in [1.165, 1.54) is 27.3 Å². The first kappa shape index (κ1) is 19.4. The van der Waals surface area contributed by atoms with Crippen molar-refractivity contribution in [3.63, 3.8) is 0 Å². The van der Waals surface area contributed by atoms with Crippen LogP contribution < -0.4 is 5.43 Å². The van der Waals surface area contributed by atoms with Crippen molar-refractivity contribution < 1.29 is 9.59 Å². The molecule has 1 saturated heterocycles. The van der Waals surface area contributed by atoms with Crippen molar-refractivity contribution in [3.8, 4) is 0 Å². The lowest BCUT2D eigenvalue weighted by atomic mass is 9.55. The highest BCUT2D eigenvalue weighted by Gasteiger charge is 2.61. The van der Waals surface area contributed by atoms with E-state index in [4.69, 9.17) is 0 Å². The second-order valence-corrected chi connectivity index (χ2v) is 9.45. The SMILES string of the molecule is Cn1cc(/C=C/NN2C(=O)[C@@H]3C4c5ccccc5C(c5ccccc54)[C@@H]3C2=O)c2ccccc21. The molecule has 1 aliphatic heterocycles. The van der Waals surface area contributed by atoms with Gasteiger partial charge >= 0.3 is 0 Å². The van der Waals surface area contributed by atoms with Gasteiger partial charge in [0.05, 0.1) is 11.8 Å². The smallest absolute Gasteiger partial charge is 0.253 e. The number of amides is 2. The molecule has 0 unspecified atom stereocenters. The molecule has 0 spiro atoms. The average molecular weight is 446 g/mol. The van der Waals surface area contributed by atoms with Crippen LogP contribution >= 0.6 is 0 Å². The number of aromatic nitrogens is 1. The van der Waals surface area contributed by atoms with E-state index in [9.17, 15) is 9.59 Å². The largest absolute Gasteiger partial charge is 0.350 e. The molecule has 2 amide bonds. The van der Waals surface area contributed by atoms with Crippen LogP contribution in [0.5, 0.6) is 0 Å². The Labute approximate surface area is 197 Å². The lowest BCUT2D eigenvalue weighted by Gasteiger charge is -2.45. The monoisotopic (exact) mass is 445 g/mol. The number of para-hydroxylation sites is 1. The fourth-order valence-corrected chi connectivity index (χ4v) is 6.51. The van der Waals surface area contributed by atoms with Crippen LogP contribution in [0.15, 0.2) is 85.2 Å². The first-order valence-electron chi connectivity index (χ1n) is 11.7. The quantitative estimate of drug-likeness (QED) is 0.471. The molecule has 5 nitrogen and oxygen atoms in total. The van der Waals surface area contributed by atoms with Crippen molar-refractivity contribution in [1.82, 2.24) is 15.0 Å². The first-order valence-corrected chi connectivity index (χ1v) is 11.7. The van der Waals surface area contributed by atoms with Crippen molar-refractivity contribution in [2.75, 3.05) is 0 Å². The molecule has 4 aliphatic rings. The van der Waals surface area contributed by atoms with Crippen molar-refractivity contribution in [3.05, 3.63) is 113 Å². The van der Waals surface area contributed by atoms with Gasteiger partial charge in [0.2, 0.25) is 0 Å². The van der Waals surface area contributed by atoms with Gasteiger partial charge in [0.15, 0.2) is 0 Å². The van der Waals surface area contributed by atoms with Gasteiger partial charge in [-0.15, -0.1) is 0 Å². The van der Waals surface area contributed by atoms with Crippen LogP contribution in [-0.2, 0) is 16.6 Å². The van der Waals surface area contributed by atoms with E-state index in [2.05, 4.69) is 46.4 Å². The molecular formula is C29H23N3O2. The van der Waals surface area contributed by atoms with Crippen LogP contribution in [0.2, 0.25) is 0 Å². The van der Waals surface area contributed by atoms with Crippen molar-refractivity contribution in [2.45, 2.75) is 11.8 Å². The highest BCUT2D eigenvalue weighted by atomic mass is 16.2. The van der Waals surface area contributed by atoms with Crippen LogP contribution in [0, 0.1) is 11.8 Å². The van der Waals surface area contributed by atoms with Crippen LogP contribution in [0.4, 0.5) is 0 Å². The summed E-state index contributed by atoms with van der Waals surface area (Å²) in [6, 6.07) is 24.8. The summed E-state index contributed by atoms with van der Waals surface area (Å²) in [5.74, 6) is -1.21. The lowest BCUT2D eigenvalue weighted by molar-refractivity contribution is -0.142. The third-order valence-electron chi connectivity index (χ3n) is 7.84. The van der Waals surface area contributed by atoms with Gasteiger partial charge in [0, 0.05) is 47.7 Å². The van der Waals surface area contributed by atoms with Crippen molar-refractivity contribution in [2.24, 2.45) is 18.9 Å². The van der Waals surface area contributed by atoms with Gasteiger partial charge in [0.1, 0.15) is 0 Å². The summed E-state index contributed by atoms with van der Waals surface area (Å²) in [5, 5.41) is 2.37. The molecule has 166 valence electrons. The Morgan fingerprint density at radius 2 is 1.24 bits per heavy atom. The van der Waals surface area contributed by atoms with Gasteiger partial charge in [-0.3, -0.25) is 15.0 Å². The molecule has 3 aromatic carbocycles. The zero-order valence-electron chi connectivity index (χ0n) is 18.7. The molecule has 4 aromatic rings. The van der Waals surface area contributed by atoms with Crippen LogP contribution in [0.25, 0.3) is 17.0 Å². The molecule has 1 N–H and O–H groups in total. The molecule has 1 aromatic heterocycles. The van der Waals surface area contributed by atoms with Gasteiger partial charge in [-0.2, -0.15) is 5.01 Å². The number of rotatable bonds is 3. The molecule has 3 aliphatic carbocycles. The maximum atomic E-state index is 13.6. The predicted octanol–water partition coefficient (Wildman–Crippen LogP) is 4.55. The summed E-state index contributed by atoms with van der Waals surface area (Å²) in [7, 11) is 2.01. The number of hydrogen-bond acceptors (Lipinski definition) is 3.